The van der Waals surface area contributed by atoms with Gasteiger partial charge in [-0.2, -0.15) is 0 Å². The normalized spacial score (nSPS) is 12.4. The third kappa shape index (κ3) is 4.23. The van der Waals surface area contributed by atoms with E-state index in [0.717, 1.165) is 23.6 Å². The van der Waals surface area contributed by atoms with E-state index in [4.69, 9.17) is 23.2 Å². The first kappa shape index (κ1) is 16.4. The molecular formula is C18H21Cl2N. The Bertz CT molecular complexity index is 602. The molecule has 2 aromatic rings. The molecular weight excluding hydrogens is 301 g/mol. The van der Waals surface area contributed by atoms with Gasteiger partial charge in [0.1, 0.15) is 0 Å². The van der Waals surface area contributed by atoms with Gasteiger partial charge in [-0.25, -0.2) is 0 Å². The van der Waals surface area contributed by atoms with Gasteiger partial charge in [0, 0.05) is 10.0 Å². The van der Waals surface area contributed by atoms with E-state index in [9.17, 15) is 0 Å². The lowest BCUT2D eigenvalue weighted by atomic mass is 9.95. The Morgan fingerprint density at radius 1 is 1.00 bits per heavy atom. The van der Waals surface area contributed by atoms with Crippen LogP contribution in [0.1, 0.15) is 41.6 Å². The van der Waals surface area contributed by atoms with Crippen LogP contribution in [0.25, 0.3) is 0 Å². The van der Waals surface area contributed by atoms with Crippen molar-refractivity contribution < 1.29 is 0 Å². The summed E-state index contributed by atoms with van der Waals surface area (Å²) in [6, 6.07) is 12.3. The molecule has 0 spiro atoms. The molecule has 1 nitrogen and oxygen atoms in total. The average Bonchev–Trinajstić information content (AvgIpc) is 2.42. The van der Waals surface area contributed by atoms with Gasteiger partial charge in [-0.05, 0) is 56.1 Å². The lowest BCUT2D eigenvalue weighted by Gasteiger charge is -2.22. The fraction of sp³-hybridized carbons (Fsp3) is 0.333. The zero-order valence-corrected chi connectivity index (χ0v) is 14.2. The van der Waals surface area contributed by atoms with Crippen LogP contribution in [0.3, 0.4) is 0 Å². The SMILES string of the molecule is CCCNC(c1cc(C)cc(C)c1)c1cc(Cl)ccc1Cl. The fourth-order valence-electron chi connectivity index (χ4n) is 2.61. The molecule has 0 aromatic heterocycles. The molecule has 112 valence electrons. The molecule has 2 aromatic carbocycles. The van der Waals surface area contributed by atoms with Crippen molar-refractivity contribution in [3.05, 3.63) is 68.7 Å². The first-order valence-electron chi connectivity index (χ1n) is 7.27. The third-order valence-corrected chi connectivity index (χ3v) is 4.02. The Morgan fingerprint density at radius 2 is 1.67 bits per heavy atom. The molecule has 3 heteroatoms. The Hall–Kier alpha value is -1.02. The van der Waals surface area contributed by atoms with Crippen LogP contribution in [-0.2, 0) is 0 Å². The molecule has 1 atom stereocenters. The first-order chi connectivity index (χ1) is 10.0. The number of halogens is 2. The van der Waals surface area contributed by atoms with Crippen LogP contribution in [0.5, 0.6) is 0 Å². The lowest BCUT2D eigenvalue weighted by Crippen LogP contribution is -2.23. The van der Waals surface area contributed by atoms with Crippen LogP contribution in [0.4, 0.5) is 0 Å². The van der Waals surface area contributed by atoms with Crippen LogP contribution in [0, 0.1) is 13.8 Å². The second kappa shape index (κ2) is 7.31. The maximum atomic E-state index is 6.40. The van der Waals surface area contributed by atoms with E-state index in [2.05, 4.69) is 44.3 Å². The van der Waals surface area contributed by atoms with Crippen molar-refractivity contribution in [3.63, 3.8) is 0 Å². The highest BCUT2D eigenvalue weighted by atomic mass is 35.5. The highest BCUT2D eigenvalue weighted by Gasteiger charge is 2.17. The Morgan fingerprint density at radius 3 is 2.29 bits per heavy atom. The molecule has 0 aliphatic heterocycles. The second-order valence-electron chi connectivity index (χ2n) is 5.47. The first-order valence-corrected chi connectivity index (χ1v) is 8.03. The van der Waals surface area contributed by atoms with Crippen molar-refractivity contribution in [2.24, 2.45) is 0 Å². The lowest BCUT2D eigenvalue weighted by molar-refractivity contribution is 0.598. The predicted octanol–water partition coefficient (Wildman–Crippen LogP) is 5.70. The van der Waals surface area contributed by atoms with Crippen LogP contribution in [0.2, 0.25) is 10.0 Å². The van der Waals surface area contributed by atoms with Gasteiger partial charge in [0.05, 0.1) is 6.04 Å². The summed E-state index contributed by atoms with van der Waals surface area (Å²) in [5.41, 5.74) is 4.77. The molecule has 0 saturated carbocycles. The zero-order chi connectivity index (χ0) is 15.4. The molecule has 0 bridgehead atoms. The summed E-state index contributed by atoms with van der Waals surface area (Å²) in [5.74, 6) is 0. The molecule has 1 unspecified atom stereocenters. The smallest absolute Gasteiger partial charge is 0.0592 e. The van der Waals surface area contributed by atoms with E-state index in [1.165, 1.54) is 16.7 Å². The maximum absolute atomic E-state index is 6.40. The van der Waals surface area contributed by atoms with Crippen molar-refractivity contribution in [3.8, 4) is 0 Å². The van der Waals surface area contributed by atoms with E-state index in [1.807, 2.05) is 18.2 Å². The Kier molecular flexibility index (Phi) is 5.69. The predicted molar refractivity (Wildman–Crippen MR) is 92.5 cm³/mol. The highest BCUT2D eigenvalue weighted by Crippen LogP contribution is 2.31. The molecule has 0 aliphatic carbocycles. The van der Waals surface area contributed by atoms with Gasteiger partial charge < -0.3 is 5.32 Å². The molecule has 21 heavy (non-hydrogen) atoms. The quantitative estimate of drug-likeness (QED) is 0.744. The summed E-state index contributed by atoms with van der Waals surface area (Å²) in [7, 11) is 0. The van der Waals surface area contributed by atoms with E-state index in [0.29, 0.717) is 5.02 Å². The number of aryl methyl sites for hydroxylation is 2. The van der Waals surface area contributed by atoms with Gasteiger partial charge in [0.15, 0.2) is 0 Å². The van der Waals surface area contributed by atoms with Crippen LogP contribution in [-0.4, -0.2) is 6.54 Å². The minimum atomic E-state index is 0.0646. The van der Waals surface area contributed by atoms with Gasteiger partial charge in [0.2, 0.25) is 0 Å². The molecule has 0 fully saturated rings. The summed E-state index contributed by atoms with van der Waals surface area (Å²) < 4.78 is 0. The summed E-state index contributed by atoms with van der Waals surface area (Å²) in [6.07, 6.45) is 1.07. The van der Waals surface area contributed by atoms with Crippen molar-refractivity contribution in [1.82, 2.24) is 5.32 Å². The Balaban J connectivity index is 2.49. The third-order valence-electron chi connectivity index (χ3n) is 3.44. The van der Waals surface area contributed by atoms with Gasteiger partial charge >= 0.3 is 0 Å². The van der Waals surface area contributed by atoms with Gasteiger partial charge in [-0.15, -0.1) is 0 Å². The Labute approximate surface area is 137 Å². The summed E-state index contributed by atoms with van der Waals surface area (Å²) in [5, 5.41) is 5.03. The van der Waals surface area contributed by atoms with Gasteiger partial charge in [0.25, 0.3) is 0 Å². The molecule has 0 aliphatic rings. The topological polar surface area (TPSA) is 12.0 Å². The molecule has 0 radical (unpaired) electrons. The number of rotatable bonds is 5. The fourth-order valence-corrected chi connectivity index (χ4v) is 3.02. The monoisotopic (exact) mass is 321 g/mol. The second-order valence-corrected chi connectivity index (χ2v) is 6.32. The van der Waals surface area contributed by atoms with Crippen molar-refractivity contribution in [2.75, 3.05) is 6.54 Å². The van der Waals surface area contributed by atoms with Crippen molar-refractivity contribution in [1.29, 1.82) is 0 Å². The molecule has 1 N–H and O–H groups in total. The minimum Gasteiger partial charge on any atom is -0.306 e. The number of nitrogens with one attached hydrogen (secondary N) is 1. The summed E-state index contributed by atoms with van der Waals surface area (Å²) >= 11 is 12.6. The molecule has 2 rings (SSSR count). The van der Waals surface area contributed by atoms with Gasteiger partial charge in [-0.3, -0.25) is 0 Å². The summed E-state index contributed by atoms with van der Waals surface area (Å²) in [6.45, 7) is 7.32. The standard InChI is InChI=1S/C18H21Cl2N/c1-4-7-21-18(14-9-12(2)8-13(3)10-14)16-11-15(19)5-6-17(16)20/h5-6,8-11,18,21H,4,7H2,1-3H3. The van der Waals surface area contributed by atoms with Crippen LogP contribution in [0.15, 0.2) is 36.4 Å². The molecule has 0 saturated heterocycles. The van der Waals surface area contributed by atoms with Crippen molar-refractivity contribution >= 4 is 23.2 Å². The number of hydrogen-bond donors (Lipinski definition) is 1. The van der Waals surface area contributed by atoms with E-state index >= 15 is 0 Å². The highest BCUT2D eigenvalue weighted by molar-refractivity contribution is 6.33. The van der Waals surface area contributed by atoms with E-state index in [1.54, 1.807) is 0 Å². The number of hydrogen-bond acceptors (Lipinski definition) is 1. The molecule has 0 amide bonds. The van der Waals surface area contributed by atoms with Gasteiger partial charge in [-0.1, -0.05) is 59.5 Å². The van der Waals surface area contributed by atoms with Crippen molar-refractivity contribution in [2.45, 2.75) is 33.2 Å². The average molecular weight is 322 g/mol. The maximum Gasteiger partial charge on any atom is 0.0592 e. The van der Waals surface area contributed by atoms with E-state index < -0.39 is 0 Å². The zero-order valence-electron chi connectivity index (χ0n) is 12.7. The molecule has 0 heterocycles. The number of benzene rings is 2. The minimum absolute atomic E-state index is 0.0646. The van der Waals surface area contributed by atoms with Crippen LogP contribution >= 0.6 is 23.2 Å². The largest absolute Gasteiger partial charge is 0.306 e. The summed E-state index contributed by atoms with van der Waals surface area (Å²) in [4.78, 5) is 0. The van der Waals surface area contributed by atoms with Crippen LogP contribution < -0.4 is 5.32 Å². The van der Waals surface area contributed by atoms with E-state index in [-0.39, 0.29) is 6.04 Å².